The van der Waals surface area contributed by atoms with Crippen LogP contribution in [0.2, 0.25) is 0 Å². The summed E-state index contributed by atoms with van der Waals surface area (Å²) in [6.07, 6.45) is -10.7. The van der Waals surface area contributed by atoms with Gasteiger partial charge in [-0.2, -0.15) is 26.3 Å². The van der Waals surface area contributed by atoms with Gasteiger partial charge in [0.05, 0.1) is 79.7 Å². The number of hydrogen-bond acceptors (Lipinski definition) is 10. The summed E-state index contributed by atoms with van der Waals surface area (Å²) >= 11 is -0.331. The molecule has 24 heteroatoms. The molecule has 2 aliphatic heterocycles. The number of rotatable bonds is 24. The molecule has 550 valence electrons. The van der Waals surface area contributed by atoms with Crippen LogP contribution in [0.4, 0.5) is 43.9 Å². The summed E-state index contributed by atoms with van der Waals surface area (Å²) in [5.74, 6) is -10.2. The van der Waals surface area contributed by atoms with Crippen molar-refractivity contribution in [3.05, 3.63) is 270 Å². The van der Waals surface area contributed by atoms with Gasteiger partial charge in [0.15, 0.2) is 34.1 Å². The van der Waals surface area contributed by atoms with E-state index in [4.69, 9.17) is 44.5 Å². The van der Waals surface area contributed by atoms with Crippen LogP contribution in [0.3, 0.4) is 0 Å². The van der Waals surface area contributed by atoms with E-state index < -0.39 is 335 Å². The third kappa shape index (κ3) is 19.5. The molecule has 8 aromatic carbocycles. The number of piperidine rings is 2. The molecular weight excluding hydrogens is 1410 g/mol. The van der Waals surface area contributed by atoms with Crippen LogP contribution in [0.15, 0.2) is 207 Å². The highest BCUT2D eigenvalue weighted by molar-refractivity contribution is 7.98. The molecule has 2 aromatic heterocycles. The third-order valence-corrected chi connectivity index (χ3v) is 18.0. The normalized spacial score (nSPS) is 19.8. The van der Waals surface area contributed by atoms with Gasteiger partial charge in [-0.1, -0.05) is 121 Å². The number of hydrogen-bond donors (Lipinski definition) is 0. The Kier molecular flexibility index (Phi) is 14.9. The van der Waals surface area contributed by atoms with E-state index in [1.165, 1.54) is 46.2 Å². The number of nitrogens with zero attached hydrogens (tertiary/aromatic N) is 6. The molecular formula is C81H78F10N6O6S2. The molecule has 0 bridgehead atoms. The first kappa shape index (κ1) is 44.8. The van der Waals surface area contributed by atoms with Crippen LogP contribution >= 0.6 is 23.5 Å². The molecule has 0 atom stereocenters. The van der Waals surface area contributed by atoms with Crippen molar-refractivity contribution in [3.8, 4) is 22.3 Å². The van der Waals surface area contributed by atoms with Crippen molar-refractivity contribution in [1.29, 1.82) is 0 Å². The summed E-state index contributed by atoms with van der Waals surface area (Å²) in [6, 6.07) is -1.25. The number of carbonyl (C=O) groups excluding carboxylic acids is 2. The van der Waals surface area contributed by atoms with Gasteiger partial charge in [0.1, 0.15) is 13.0 Å². The number of pyridine rings is 2. The van der Waals surface area contributed by atoms with E-state index in [2.05, 4.69) is 4.74 Å². The van der Waals surface area contributed by atoms with Gasteiger partial charge in [0.2, 0.25) is 11.8 Å². The van der Waals surface area contributed by atoms with Crippen LogP contribution in [-0.2, 0) is 68.9 Å². The smallest absolute Gasteiger partial charge is 0.383 e. The summed E-state index contributed by atoms with van der Waals surface area (Å²) in [5, 5.41) is -2.81. The Morgan fingerprint density at radius 1 is 0.533 bits per heavy atom. The van der Waals surface area contributed by atoms with Crippen molar-refractivity contribution < 1.29 is 108 Å². The van der Waals surface area contributed by atoms with Gasteiger partial charge in [0.25, 0.3) is 0 Å². The number of para-hydroxylation sites is 1. The molecule has 0 N–H and O–H groups in total. The predicted octanol–water partition coefficient (Wildman–Crippen LogP) is 17.1. The Morgan fingerprint density at radius 3 is 1.66 bits per heavy atom. The van der Waals surface area contributed by atoms with Gasteiger partial charge in [-0.25, -0.2) is 17.6 Å². The van der Waals surface area contributed by atoms with Crippen LogP contribution in [0.25, 0.3) is 44.1 Å². The van der Waals surface area contributed by atoms with E-state index in [1.54, 1.807) is 24.3 Å². The molecule has 2 fully saturated rings. The molecule has 0 aliphatic carbocycles. The molecule has 10 aromatic rings. The van der Waals surface area contributed by atoms with E-state index in [9.17, 15) is 59.4 Å². The Labute approximate surface area is 656 Å². The lowest BCUT2D eigenvalue weighted by atomic mass is 10.00. The number of aromatic nitrogens is 2. The topological polar surface area (TPSA) is 110 Å². The number of methoxy groups -OCH3 is 2. The molecule has 2 aliphatic rings. The summed E-state index contributed by atoms with van der Waals surface area (Å²) in [6.45, 7) is -15.0. The number of ether oxygens (including phenoxy) is 2. The quantitative estimate of drug-likeness (QED) is 0.0428. The lowest BCUT2D eigenvalue weighted by Crippen LogP contribution is -2.48. The molecule has 4 heterocycles. The number of halogens is 10. The maximum absolute atomic E-state index is 15.6. The molecule has 2 amide bonds. The minimum atomic E-state index is -5.44. The van der Waals surface area contributed by atoms with Gasteiger partial charge >= 0.3 is 12.4 Å². The number of benzene rings is 8. The second-order valence-corrected chi connectivity index (χ2v) is 24.8. The summed E-state index contributed by atoms with van der Waals surface area (Å²) < 4.78 is 431. The Morgan fingerprint density at radius 2 is 1.07 bits per heavy atom. The second kappa shape index (κ2) is 34.9. The number of amides is 2. The Hall–Kier alpha value is -9.04. The van der Waals surface area contributed by atoms with E-state index in [-0.39, 0.29) is 59.7 Å². The standard InChI is InChI=1S/C41H40F5N3O3S.C40H38F5N3O3S/c1-27-6-15-36-34(22-27)37(50)23-39(53-26-31-4-3-5-35(42)40(31)43)49(36)25-38(51)48(33-16-18-47(19-17-33)20-21-52-2)24-28-7-9-29(10-8-28)30-11-13-32(14-12-30)41(44,45)46;1-51-22-21-46-19-17-32(18-20-46)47(24-27-9-11-28(12-10-27)29-13-15-31(16-14-29)40(43,44)45)37(50)25-48-35-8-3-2-6-33(35)36(49)23-38(48)52-26-30-5-4-7-34(41)39(30)42/h3-15,22-23,33H,16-21,24-26H2,1-2H3;2-16,23,32H,17-22,24-26H2,1H3/i2D3,3D,4D,5D,6D,7D,8D,9D,10D,11D,12D,13D,14D,15D,20D2,22D,23D,25D2,26D2;1D3,21D2,25D2,26D2. The number of thioether (sulfide) groups is 2. The van der Waals surface area contributed by atoms with E-state index in [0.29, 0.717) is 21.6 Å². The SMILES string of the molecule is [2H]C([2H])([2H])OCC([2H])([2H])N1CCC(N(Cc2ccc(-c3ccc(C(F)(F)F)cc3)cc2)C(=O)C([2H])([2H])n2c(SC([2H])([2H])c3cccc(F)c3F)cc(=O)c3ccccc32)CC1.[2H]c1c([2H])c(F)c(F)c(C([2H])([2H])Sc2c([2H])c(=O)c3c([2H])c(C)c([2H])c([2H])c3n2C([2H])([2H])C(=O)N(Cc2c([2H])c([2H])c(-c3c([2H])c([2H])c(C(F)(F)F)c([2H])c3[2H])c([2H])c2[2H])C2CCN(C([2H])([2H])COC([2H])([2H])[2H])CC2)c1[2H]. The largest absolute Gasteiger partial charge is 0.416 e. The lowest BCUT2D eigenvalue weighted by Gasteiger charge is -2.39. The zero-order chi connectivity index (χ0) is 103. The van der Waals surface area contributed by atoms with Gasteiger partial charge in [-0.15, -0.1) is 23.5 Å². The molecule has 12 nitrogen and oxygen atoms in total. The average Bonchev–Trinajstić information content (AvgIpc) is 0.714. The fraction of sp³-hybridized carbons (Fsp3) is 0.309. The van der Waals surface area contributed by atoms with E-state index in [1.807, 2.05) is 0 Å². The summed E-state index contributed by atoms with van der Waals surface area (Å²) in [4.78, 5) is 62.1. The second-order valence-electron chi connectivity index (χ2n) is 23.2. The minimum Gasteiger partial charge on any atom is -0.383 e. The molecule has 0 radical (unpaired) electrons. The fourth-order valence-corrected chi connectivity index (χ4v) is 12.6. The first-order valence-electron chi connectivity index (χ1n) is 48.0. The van der Waals surface area contributed by atoms with Gasteiger partial charge in [0, 0.05) is 135 Å². The molecule has 2 saturated heterocycles. The van der Waals surface area contributed by atoms with Gasteiger partial charge in [-0.05, 0) is 127 Å². The highest BCUT2D eigenvalue weighted by Crippen LogP contribution is 2.36. The van der Waals surface area contributed by atoms with Crippen LogP contribution in [-0.4, -0.2) is 119 Å². The zero-order valence-electron chi connectivity index (χ0n) is 87.6. The van der Waals surface area contributed by atoms with Crippen molar-refractivity contribution in [1.82, 2.24) is 28.7 Å². The van der Waals surface area contributed by atoms with Crippen molar-refractivity contribution in [3.63, 3.8) is 0 Å². The molecule has 0 unspecified atom stereocenters. The van der Waals surface area contributed by atoms with E-state index in [0.717, 1.165) is 52.8 Å². The van der Waals surface area contributed by atoms with Crippen molar-refractivity contribution in [2.75, 3.05) is 66.5 Å². The molecule has 12 rings (SSSR count). The van der Waals surface area contributed by atoms with Crippen LogP contribution in [0.5, 0.6) is 0 Å². The van der Waals surface area contributed by atoms with Gasteiger partial charge < -0.3 is 38.2 Å². The summed E-state index contributed by atoms with van der Waals surface area (Å²) in [7, 11) is -5.90. The monoisotopic (exact) mass is 1520 g/mol. The van der Waals surface area contributed by atoms with Crippen molar-refractivity contribution >= 4 is 57.1 Å². The zero-order valence-corrected chi connectivity index (χ0v) is 56.2. The highest BCUT2D eigenvalue weighted by atomic mass is 32.2. The summed E-state index contributed by atoms with van der Waals surface area (Å²) in [5.41, 5.74) is -17.0. The number of fused-ring (bicyclic) bond motifs is 2. The Balaban J connectivity index is 0.000000272. The minimum absolute atomic E-state index is 0.0108. The van der Waals surface area contributed by atoms with Crippen LogP contribution in [0.1, 0.15) is 110 Å². The number of likely N-dealkylation sites (tertiary alicyclic amines) is 2. The Bertz CT molecular complexity index is 6480. The van der Waals surface area contributed by atoms with Gasteiger partial charge in [-0.3, -0.25) is 19.2 Å². The highest BCUT2D eigenvalue weighted by Gasteiger charge is 2.34. The fourth-order valence-electron chi connectivity index (χ4n) is 11.1. The van der Waals surface area contributed by atoms with Crippen LogP contribution in [0, 0.1) is 30.2 Å². The molecule has 105 heavy (non-hydrogen) atoms. The predicted molar refractivity (Wildman–Crippen MR) is 391 cm³/mol. The maximum atomic E-state index is 15.6. The first-order chi connectivity index (χ1) is 63.5. The number of carbonyl (C=O) groups is 2. The average molecular weight is 1520 g/mol. The molecule has 0 saturated carbocycles. The maximum Gasteiger partial charge on any atom is 0.416 e. The van der Waals surface area contributed by atoms with E-state index >= 15 is 9.18 Å². The van der Waals surface area contributed by atoms with Crippen molar-refractivity contribution in [2.45, 2.75) is 105 Å². The molecule has 0 spiro atoms. The lowest BCUT2D eigenvalue weighted by molar-refractivity contribution is -0.138. The first-order valence-corrected chi connectivity index (χ1v) is 33.1. The third-order valence-electron chi connectivity index (χ3n) is 16.4. The number of alkyl halides is 6. The van der Waals surface area contributed by atoms with Crippen LogP contribution < -0.4 is 10.9 Å². The van der Waals surface area contributed by atoms with Crippen molar-refractivity contribution in [2.24, 2.45) is 0 Å².